The van der Waals surface area contributed by atoms with Crippen LogP contribution in [-0.2, 0) is 0 Å². The molecule has 6 heteroatoms. The van der Waals surface area contributed by atoms with Crippen molar-refractivity contribution in [3.8, 4) is 11.5 Å². The molecule has 0 spiro atoms. The molecule has 0 heterocycles. The summed E-state index contributed by atoms with van der Waals surface area (Å²) in [4.78, 5) is 25.1. The zero-order chi connectivity index (χ0) is 15.5. The van der Waals surface area contributed by atoms with Crippen LogP contribution in [0, 0.1) is 6.92 Å². The van der Waals surface area contributed by atoms with Crippen LogP contribution in [0.3, 0.4) is 0 Å². The Morgan fingerprint density at radius 3 is 2.10 bits per heavy atom. The van der Waals surface area contributed by atoms with Crippen molar-refractivity contribution in [2.24, 2.45) is 0 Å². The number of hydrogen-bond acceptors (Lipinski definition) is 6. The van der Waals surface area contributed by atoms with E-state index in [1.54, 1.807) is 6.92 Å². The van der Waals surface area contributed by atoms with Crippen LogP contribution < -0.4 is 11.5 Å². The van der Waals surface area contributed by atoms with Gasteiger partial charge in [-0.2, -0.15) is 0 Å². The van der Waals surface area contributed by atoms with E-state index >= 15 is 0 Å². The van der Waals surface area contributed by atoms with Crippen LogP contribution >= 0.6 is 0 Å². The summed E-state index contributed by atoms with van der Waals surface area (Å²) in [5, 5.41) is 20.0. The number of benzene rings is 2. The number of aryl methyl sites for hydroxylation is 1. The van der Waals surface area contributed by atoms with E-state index in [2.05, 4.69) is 0 Å². The highest BCUT2D eigenvalue weighted by Crippen LogP contribution is 2.42. The van der Waals surface area contributed by atoms with Gasteiger partial charge in [0, 0.05) is 11.4 Å². The molecule has 6 nitrogen and oxygen atoms in total. The standard InChI is InChI=1S/C15H12N2O4/c1-5-4-7(17)10-12(13(5)19)15(21)11-8(18)3-2-6(16)9(11)14(10)20/h2-4,18-19H,16-17H2,1H3. The van der Waals surface area contributed by atoms with Gasteiger partial charge in [-0.25, -0.2) is 0 Å². The topological polar surface area (TPSA) is 127 Å². The molecule has 21 heavy (non-hydrogen) atoms. The normalized spacial score (nSPS) is 13.0. The van der Waals surface area contributed by atoms with Gasteiger partial charge in [0.05, 0.1) is 22.3 Å². The molecule has 2 aromatic rings. The molecule has 0 saturated heterocycles. The lowest BCUT2D eigenvalue weighted by molar-refractivity contribution is 0.0975. The number of anilines is 2. The van der Waals surface area contributed by atoms with Crippen molar-refractivity contribution in [1.29, 1.82) is 0 Å². The van der Waals surface area contributed by atoms with E-state index in [4.69, 9.17) is 11.5 Å². The largest absolute Gasteiger partial charge is 0.507 e. The lowest BCUT2D eigenvalue weighted by Gasteiger charge is -2.22. The Morgan fingerprint density at radius 1 is 0.857 bits per heavy atom. The number of aromatic hydroxyl groups is 2. The molecule has 106 valence electrons. The average molecular weight is 284 g/mol. The fraction of sp³-hybridized carbons (Fsp3) is 0.0667. The predicted molar refractivity (Wildman–Crippen MR) is 76.6 cm³/mol. The second-order valence-corrected chi connectivity index (χ2v) is 4.96. The van der Waals surface area contributed by atoms with Gasteiger partial charge in [0.1, 0.15) is 11.5 Å². The number of carbonyl (C=O) groups is 2. The Balaban J connectivity index is 2.47. The summed E-state index contributed by atoms with van der Waals surface area (Å²) in [7, 11) is 0. The maximum absolute atomic E-state index is 12.6. The molecule has 0 unspecified atom stereocenters. The van der Waals surface area contributed by atoms with Gasteiger partial charge in [0.25, 0.3) is 0 Å². The van der Waals surface area contributed by atoms with Gasteiger partial charge in [-0.3, -0.25) is 9.59 Å². The van der Waals surface area contributed by atoms with E-state index in [0.717, 1.165) is 0 Å². The number of phenols is 2. The highest BCUT2D eigenvalue weighted by atomic mass is 16.3. The summed E-state index contributed by atoms with van der Waals surface area (Å²) in [5.41, 5.74) is 11.6. The van der Waals surface area contributed by atoms with Crippen molar-refractivity contribution in [3.05, 3.63) is 46.0 Å². The van der Waals surface area contributed by atoms with Gasteiger partial charge in [-0.1, -0.05) is 0 Å². The summed E-state index contributed by atoms with van der Waals surface area (Å²) in [6, 6.07) is 4.00. The van der Waals surface area contributed by atoms with Crippen molar-refractivity contribution in [2.45, 2.75) is 6.92 Å². The fourth-order valence-corrected chi connectivity index (χ4v) is 2.63. The number of carbonyl (C=O) groups excluding carboxylic acids is 2. The summed E-state index contributed by atoms with van der Waals surface area (Å²) in [6.07, 6.45) is 0. The molecule has 0 amide bonds. The minimum Gasteiger partial charge on any atom is -0.507 e. The molecular formula is C15H12N2O4. The van der Waals surface area contributed by atoms with Crippen molar-refractivity contribution < 1.29 is 19.8 Å². The zero-order valence-corrected chi connectivity index (χ0v) is 11.1. The van der Waals surface area contributed by atoms with Gasteiger partial charge in [0.15, 0.2) is 5.78 Å². The third-order valence-corrected chi connectivity index (χ3v) is 3.64. The molecular weight excluding hydrogens is 272 g/mol. The van der Waals surface area contributed by atoms with Gasteiger partial charge >= 0.3 is 0 Å². The average Bonchev–Trinajstić information content (AvgIpc) is 2.42. The fourth-order valence-electron chi connectivity index (χ4n) is 2.63. The van der Waals surface area contributed by atoms with Crippen LogP contribution in [0.4, 0.5) is 11.4 Å². The SMILES string of the molecule is Cc1cc(N)c2c(c1O)C(=O)c1c(O)ccc(N)c1C2=O. The molecule has 0 aromatic heterocycles. The lowest BCUT2D eigenvalue weighted by atomic mass is 9.80. The minimum atomic E-state index is -0.669. The molecule has 3 rings (SSSR count). The van der Waals surface area contributed by atoms with Gasteiger partial charge in [-0.05, 0) is 30.7 Å². The monoisotopic (exact) mass is 284 g/mol. The van der Waals surface area contributed by atoms with E-state index in [-0.39, 0.29) is 45.1 Å². The lowest BCUT2D eigenvalue weighted by Crippen LogP contribution is -2.24. The number of nitrogens with two attached hydrogens (primary N) is 2. The number of fused-ring (bicyclic) bond motifs is 2. The molecule has 0 aliphatic heterocycles. The summed E-state index contributed by atoms with van der Waals surface area (Å²) in [5.74, 6) is -1.93. The molecule has 1 aliphatic carbocycles. The van der Waals surface area contributed by atoms with Crippen LogP contribution in [0.2, 0.25) is 0 Å². The number of nitrogen functional groups attached to an aromatic ring is 2. The number of phenolic OH excluding ortho intramolecular Hbond substituents is 2. The molecule has 0 bridgehead atoms. The van der Waals surface area contributed by atoms with Gasteiger partial charge in [0.2, 0.25) is 5.78 Å². The minimum absolute atomic E-state index is 0.0752. The molecule has 0 atom stereocenters. The van der Waals surface area contributed by atoms with Crippen molar-refractivity contribution >= 4 is 22.9 Å². The van der Waals surface area contributed by atoms with E-state index < -0.39 is 11.6 Å². The quantitative estimate of drug-likeness (QED) is 0.364. The maximum Gasteiger partial charge on any atom is 0.202 e. The van der Waals surface area contributed by atoms with Crippen LogP contribution in [0.5, 0.6) is 11.5 Å². The summed E-state index contributed by atoms with van der Waals surface area (Å²) < 4.78 is 0. The smallest absolute Gasteiger partial charge is 0.202 e. The van der Waals surface area contributed by atoms with Crippen LogP contribution in [0.15, 0.2) is 18.2 Å². The molecule has 2 aromatic carbocycles. The second kappa shape index (κ2) is 3.99. The van der Waals surface area contributed by atoms with Crippen molar-refractivity contribution in [3.63, 3.8) is 0 Å². The third-order valence-electron chi connectivity index (χ3n) is 3.64. The van der Waals surface area contributed by atoms with Crippen LogP contribution in [0.25, 0.3) is 0 Å². The number of ketones is 2. The van der Waals surface area contributed by atoms with Crippen LogP contribution in [0.1, 0.15) is 37.4 Å². The second-order valence-electron chi connectivity index (χ2n) is 4.96. The summed E-state index contributed by atoms with van der Waals surface area (Å²) >= 11 is 0. The van der Waals surface area contributed by atoms with E-state index in [1.165, 1.54) is 18.2 Å². The Morgan fingerprint density at radius 2 is 1.43 bits per heavy atom. The van der Waals surface area contributed by atoms with E-state index in [0.29, 0.717) is 5.56 Å². The first-order valence-electron chi connectivity index (χ1n) is 6.17. The molecule has 0 saturated carbocycles. The van der Waals surface area contributed by atoms with E-state index in [1.807, 2.05) is 0 Å². The van der Waals surface area contributed by atoms with Crippen LogP contribution in [-0.4, -0.2) is 21.8 Å². The Kier molecular flexibility index (Phi) is 2.47. The molecule has 0 radical (unpaired) electrons. The number of rotatable bonds is 0. The Hall–Kier alpha value is -3.02. The van der Waals surface area contributed by atoms with Gasteiger partial charge in [-0.15, -0.1) is 0 Å². The first kappa shape index (κ1) is 13.0. The molecule has 6 N–H and O–H groups in total. The first-order chi connectivity index (χ1) is 9.84. The highest BCUT2D eigenvalue weighted by molar-refractivity contribution is 6.33. The predicted octanol–water partition coefficient (Wildman–Crippen LogP) is 1.35. The van der Waals surface area contributed by atoms with E-state index in [9.17, 15) is 19.8 Å². The Bertz CT molecular complexity index is 840. The van der Waals surface area contributed by atoms with Crippen molar-refractivity contribution in [1.82, 2.24) is 0 Å². The van der Waals surface area contributed by atoms with Gasteiger partial charge < -0.3 is 21.7 Å². The third kappa shape index (κ3) is 1.53. The highest BCUT2D eigenvalue weighted by Gasteiger charge is 2.37. The molecule has 0 fully saturated rings. The summed E-state index contributed by atoms with van der Waals surface area (Å²) in [6.45, 7) is 1.57. The molecule has 1 aliphatic rings. The first-order valence-corrected chi connectivity index (χ1v) is 6.17. The number of hydrogen-bond donors (Lipinski definition) is 4. The Labute approximate surface area is 119 Å². The maximum atomic E-state index is 12.6. The van der Waals surface area contributed by atoms with Crippen molar-refractivity contribution in [2.75, 3.05) is 11.5 Å². The zero-order valence-electron chi connectivity index (χ0n) is 11.1.